The minimum absolute atomic E-state index is 0.262. The number of carbonyl (C=O) groups is 1. The van der Waals surface area contributed by atoms with Gasteiger partial charge >= 0.3 is 5.97 Å². The first-order valence-corrected chi connectivity index (χ1v) is 9.84. The molecule has 2 aliphatic heterocycles. The topological polar surface area (TPSA) is 46.5 Å². The summed E-state index contributed by atoms with van der Waals surface area (Å²) < 4.78 is 6.12. The molecule has 23 heavy (non-hydrogen) atoms. The molecule has 2 bridgehead atoms. The average Bonchev–Trinajstić information content (AvgIpc) is 3.12. The van der Waals surface area contributed by atoms with Crippen LogP contribution in [0, 0.1) is 18.3 Å². The van der Waals surface area contributed by atoms with Gasteiger partial charge in [0.2, 0.25) is 0 Å². The normalized spacial score (nSPS) is 29.2. The Labute approximate surface area is 144 Å². The fraction of sp³-hybridized carbons (Fsp3) is 0.737. The molecule has 2 heterocycles. The molecular weight excluding hydrogens is 308 g/mol. The fourth-order valence-electron chi connectivity index (χ4n) is 3.54. The van der Waals surface area contributed by atoms with Gasteiger partial charge in [-0.15, -0.1) is 12.3 Å². The Balaban J connectivity index is 1.69. The molecule has 0 aliphatic carbocycles. The summed E-state index contributed by atoms with van der Waals surface area (Å²) in [7, 11) is 0. The molecule has 0 radical (unpaired) electrons. The smallest absolute Gasteiger partial charge is 0.303 e. The van der Waals surface area contributed by atoms with Crippen LogP contribution in [0.3, 0.4) is 0 Å². The molecule has 0 unspecified atom stereocenters. The van der Waals surface area contributed by atoms with E-state index in [4.69, 9.17) is 16.3 Å². The highest BCUT2D eigenvalue weighted by Crippen LogP contribution is 2.46. The molecule has 0 aromatic heterocycles. The number of allylic oxidation sites excluding steroid dienone is 2. The summed E-state index contributed by atoms with van der Waals surface area (Å²) in [6.07, 6.45) is 19.1. The van der Waals surface area contributed by atoms with Gasteiger partial charge in [-0.1, -0.05) is 12.2 Å². The van der Waals surface area contributed by atoms with Gasteiger partial charge in [-0.25, -0.2) is 0 Å². The summed E-state index contributed by atoms with van der Waals surface area (Å²) in [5, 5.41) is 9.26. The number of hydrogen-bond donors (Lipinski definition) is 1. The van der Waals surface area contributed by atoms with Gasteiger partial charge in [-0.3, -0.25) is 4.79 Å². The van der Waals surface area contributed by atoms with Gasteiger partial charge in [0.15, 0.2) is 0 Å². The van der Waals surface area contributed by atoms with Crippen LogP contribution in [0.5, 0.6) is 0 Å². The van der Waals surface area contributed by atoms with Gasteiger partial charge in [-0.05, 0) is 50.7 Å². The van der Waals surface area contributed by atoms with Crippen LogP contribution in [0.2, 0.25) is 0 Å². The number of fused-ring (bicyclic) bond motifs is 2. The summed E-state index contributed by atoms with van der Waals surface area (Å²) in [5.74, 6) is 3.80. The van der Waals surface area contributed by atoms with E-state index in [0.29, 0.717) is 23.4 Å². The number of carboxylic acid groups (broad SMARTS) is 1. The van der Waals surface area contributed by atoms with Gasteiger partial charge in [0.25, 0.3) is 0 Å². The first-order chi connectivity index (χ1) is 11.2. The van der Waals surface area contributed by atoms with Crippen LogP contribution in [0.25, 0.3) is 0 Å². The molecule has 0 aromatic rings. The van der Waals surface area contributed by atoms with Crippen molar-refractivity contribution in [2.45, 2.75) is 75.2 Å². The standard InChI is InChI=1S/C19H28O3S/c1-2-3-4-9-14-23-19-15(16-12-13-17(19)22-16)10-7-5-6-8-11-18(20)21/h1,5,7,15-17,19H,3-4,6,8-14H2,(H,20,21)/t15-,16+,17-,19-/m0/s1. The Hall–Kier alpha value is -0.920. The molecular formula is C19H28O3S. The van der Waals surface area contributed by atoms with Gasteiger partial charge in [0, 0.05) is 24.0 Å². The van der Waals surface area contributed by atoms with E-state index in [0.717, 1.165) is 32.1 Å². The van der Waals surface area contributed by atoms with Crippen LogP contribution in [-0.2, 0) is 9.53 Å². The summed E-state index contributed by atoms with van der Waals surface area (Å²) in [5.41, 5.74) is 0. The first-order valence-electron chi connectivity index (χ1n) is 8.79. The third-order valence-electron chi connectivity index (χ3n) is 4.71. The predicted molar refractivity (Wildman–Crippen MR) is 95.6 cm³/mol. The van der Waals surface area contributed by atoms with Crippen molar-refractivity contribution in [3.05, 3.63) is 12.2 Å². The van der Waals surface area contributed by atoms with Crippen molar-refractivity contribution in [2.75, 3.05) is 5.75 Å². The fourth-order valence-corrected chi connectivity index (χ4v) is 5.13. The second kappa shape index (κ2) is 10.1. The van der Waals surface area contributed by atoms with E-state index >= 15 is 0 Å². The Morgan fingerprint density at radius 3 is 2.87 bits per heavy atom. The van der Waals surface area contributed by atoms with Crippen LogP contribution in [0.1, 0.15) is 57.8 Å². The number of carboxylic acids is 1. The molecule has 0 amide bonds. The van der Waals surface area contributed by atoms with Gasteiger partial charge in [0.1, 0.15) is 0 Å². The van der Waals surface area contributed by atoms with Crippen molar-refractivity contribution in [3.8, 4) is 12.3 Å². The van der Waals surface area contributed by atoms with Crippen LogP contribution in [0.4, 0.5) is 0 Å². The number of thioether (sulfide) groups is 1. The number of ether oxygens (including phenoxy) is 1. The van der Waals surface area contributed by atoms with E-state index < -0.39 is 5.97 Å². The van der Waals surface area contributed by atoms with Crippen LogP contribution >= 0.6 is 11.8 Å². The zero-order valence-electron chi connectivity index (χ0n) is 13.8. The number of aliphatic carboxylic acids is 1. The van der Waals surface area contributed by atoms with Crippen molar-refractivity contribution in [1.82, 2.24) is 0 Å². The molecule has 0 aromatic carbocycles. The molecule has 4 heteroatoms. The van der Waals surface area contributed by atoms with Crippen molar-refractivity contribution in [2.24, 2.45) is 5.92 Å². The minimum Gasteiger partial charge on any atom is -0.481 e. The largest absolute Gasteiger partial charge is 0.481 e. The molecule has 2 rings (SSSR count). The summed E-state index contributed by atoms with van der Waals surface area (Å²) >= 11 is 2.07. The third-order valence-corrected chi connectivity index (χ3v) is 6.28. The van der Waals surface area contributed by atoms with Gasteiger partial charge < -0.3 is 9.84 Å². The minimum atomic E-state index is -0.707. The lowest BCUT2D eigenvalue weighted by molar-refractivity contribution is -0.137. The number of rotatable bonds is 11. The highest BCUT2D eigenvalue weighted by molar-refractivity contribution is 7.99. The molecule has 2 fully saturated rings. The number of hydrogen-bond acceptors (Lipinski definition) is 3. The molecule has 1 N–H and O–H groups in total. The quantitative estimate of drug-likeness (QED) is 0.348. The maximum Gasteiger partial charge on any atom is 0.303 e. The third kappa shape index (κ3) is 5.90. The van der Waals surface area contributed by atoms with Crippen LogP contribution in [-0.4, -0.2) is 34.3 Å². The van der Waals surface area contributed by atoms with Gasteiger partial charge in [0.05, 0.1) is 12.2 Å². The van der Waals surface area contributed by atoms with E-state index in [9.17, 15) is 4.79 Å². The van der Waals surface area contributed by atoms with Crippen molar-refractivity contribution in [1.29, 1.82) is 0 Å². The van der Waals surface area contributed by atoms with Gasteiger partial charge in [-0.2, -0.15) is 11.8 Å². The monoisotopic (exact) mass is 336 g/mol. The summed E-state index contributed by atoms with van der Waals surface area (Å²) in [4.78, 5) is 10.5. The molecule has 128 valence electrons. The lowest BCUT2D eigenvalue weighted by Gasteiger charge is -2.26. The Morgan fingerprint density at radius 1 is 1.26 bits per heavy atom. The predicted octanol–water partition coefficient (Wildman–Crippen LogP) is 4.27. The average molecular weight is 336 g/mol. The van der Waals surface area contributed by atoms with Crippen LogP contribution < -0.4 is 0 Å². The molecule has 2 saturated heterocycles. The number of unbranched alkanes of at least 4 members (excludes halogenated alkanes) is 3. The highest BCUT2D eigenvalue weighted by Gasteiger charge is 2.48. The second-order valence-electron chi connectivity index (χ2n) is 6.44. The molecule has 0 spiro atoms. The molecule has 3 nitrogen and oxygen atoms in total. The maximum atomic E-state index is 10.5. The second-order valence-corrected chi connectivity index (χ2v) is 7.73. The van der Waals surface area contributed by atoms with Crippen molar-refractivity contribution < 1.29 is 14.6 Å². The van der Waals surface area contributed by atoms with E-state index in [1.165, 1.54) is 25.0 Å². The van der Waals surface area contributed by atoms with E-state index in [-0.39, 0.29) is 6.42 Å². The molecule has 0 saturated carbocycles. The molecule has 2 aliphatic rings. The Kier molecular flexibility index (Phi) is 8.05. The van der Waals surface area contributed by atoms with E-state index in [2.05, 4.69) is 29.8 Å². The van der Waals surface area contributed by atoms with E-state index in [1.54, 1.807) is 0 Å². The highest BCUT2D eigenvalue weighted by atomic mass is 32.2. The first kappa shape index (κ1) is 18.4. The van der Waals surface area contributed by atoms with Crippen molar-refractivity contribution in [3.63, 3.8) is 0 Å². The summed E-state index contributed by atoms with van der Waals surface area (Å²) in [6, 6.07) is 0. The summed E-state index contributed by atoms with van der Waals surface area (Å²) in [6.45, 7) is 0. The lowest BCUT2D eigenvalue weighted by Crippen LogP contribution is -2.29. The van der Waals surface area contributed by atoms with Crippen LogP contribution in [0.15, 0.2) is 12.2 Å². The zero-order chi connectivity index (χ0) is 16.5. The number of terminal acetylenes is 1. The molecule has 4 atom stereocenters. The van der Waals surface area contributed by atoms with E-state index in [1.807, 2.05) is 0 Å². The Bertz CT molecular complexity index is 440. The SMILES string of the molecule is C#CCCCCS[C@H]1[C@@H](CC=CCCCC(=O)O)[C@H]2CC[C@@H]1O2. The zero-order valence-corrected chi connectivity index (χ0v) is 14.6. The maximum absolute atomic E-state index is 10.5. The lowest BCUT2D eigenvalue weighted by atomic mass is 9.86. The van der Waals surface area contributed by atoms with Crippen molar-refractivity contribution >= 4 is 17.7 Å². The Morgan fingerprint density at radius 2 is 2.09 bits per heavy atom.